The standard InChI is InChI=1S/C20H19N7O/c1-13-6-3-4-8-16(13)24-18(28)12-22-17-10-14(2)23-20-25-19(26-27(17)20)15-7-5-9-21-11-15/h3-11,22H,12H2,1-2H3,(H,24,28). The van der Waals surface area contributed by atoms with E-state index >= 15 is 0 Å². The number of fused-ring (bicyclic) bond motifs is 1. The number of aromatic nitrogens is 5. The number of carbonyl (C=O) groups excluding carboxylic acids is 1. The van der Waals surface area contributed by atoms with Crippen LogP contribution in [0.2, 0.25) is 0 Å². The van der Waals surface area contributed by atoms with E-state index in [0.29, 0.717) is 17.4 Å². The molecule has 0 fully saturated rings. The lowest BCUT2D eigenvalue weighted by Gasteiger charge is -2.10. The van der Waals surface area contributed by atoms with Gasteiger partial charge >= 0.3 is 0 Å². The fourth-order valence-electron chi connectivity index (χ4n) is 2.81. The summed E-state index contributed by atoms with van der Waals surface area (Å²) in [6.45, 7) is 3.92. The van der Waals surface area contributed by atoms with Gasteiger partial charge in [0.05, 0.1) is 6.54 Å². The van der Waals surface area contributed by atoms with Gasteiger partial charge in [0.15, 0.2) is 5.82 Å². The minimum absolute atomic E-state index is 0.0922. The lowest BCUT2D eigenvalue weighted by Crippen LogP contribution is -2.23. The summed E-state index contributed by atoms with van der Waals surface area (Å²) >= 11 is 0. The molecule has 0 aliphatic carbocycles. The Labute approximate surface area is 161 Å². The molecule has 8 nitrogen and oxygen atoms in total. The van der Waals surface area contributed by atoms with Crippen LogP contribution in [-0.2, 0) is 4.79 Å². The highest BCUT2D eigenvalue weighted by molar-refractivity contribution is 5.94. The van der Waals surface area contributed by atoms with Crippen molar-refractivity contribution in [2.75, 3.05) is 17.2 Å². The van der Waals surface area contributed by atoms with Crippen LogP contribution in [0.1, 0.15) is 11.3 Å². The van der Waals surface area contributed by atoms with Crippen molar-refractivity contribution >= 4 is 23.2 Å². The molecule has 0 spiro atoms. The Morgan fingerprint density at radius 3 is 2.75 bits per heavy atom. The number of carbonyl (C=O) groups is 1. The molecule has 4 aromatic rings. The molecule has 0 aliphatic rings. The fourth-order valence-corrected chi connectivity index (χ4v) is 2.81. The SMILES string of the molecule is Cc1cc(NCC(=O)Nc2ccccc2C)n2nc(-c3cccnc3)nc2n1. The van der Waals surface area contributed by atoms with E-state index in [1.807, 2.05) is 56.3 Å². The topological polar surface area (TPSA) is 97.1 Å². The van der Waals surface area contributed by atoms with Crippen LogP contribution in [0, 0.1) is 13.8 Å². The first kappa shape index (κ1) is 17.6. The molecular weight excluding hydrogens is 354 g/mol. The summed E-state index contributed by atoms with van der Waals surface area (Å²) < 4.78 is 1.59. The third-order valence-electron chi connectivity index (χ3n) is 4.21. The van der Waals surface area contributed by atoms with Gasteiger partial charge in [0.1, 0.15) is 5.82 Å². The van der Waals surface area contributed by atoms with E-state index < -0.39 is 0 Å². The number of hydrogen-bond acceptors (Lipinski definition) is 6. The Hall–Kier alpha value is -3.81. The number of benzene rings is 1. The van der Waals surface area contributed by atoms with Gasteiger partial charge in [0.2, 0.25) is 5.91 Å². The van der Waals surface area contributed by atoms with Gasteiger partial charge in [0.25, 0.3) is 5.78 Å². The van der Waals surface area contributed by atoms with Crippen molar-refractivity contribution < 1.29 is 4.79 Å². The van der Waals surface area contributed by atoms with E-state index in [-0.39, 0.29) is 12.5 Å². The number of para-hydroxylation sites is 1. The predicted octanol–water partition coefficient (Wildman–Crippen LogP) is 2.85. The van der Waals surface area contributed by atoms with Gasteiger partial charge in [-0.3, -0.25) is 9.78 Å². The first-order chi connectivity index (χ1) is 13.6. The van der Waals surface area contributed by atoms with Gasteiger partial charge in [-0.05, 0) is 37.6 Å². The van der Waals surface area contributed by atoms with Crippen LogP contribution in [0.3, 0.4) is 0 Å². The number of anilines is 2. The highest BCUT2D eigenvalue weighted by Gasteiger charge is 2.12. The van der Waals surface area contributed by atoms with Crippen molar-refractivity contribution in [2.24, 2.45) is 0 Å². The fraction of sp³-hybridized carbons (Fsp3) is 0.150. The molecule has 3 aromatic heterocycles. The zero-order valence-electron chi connectivity index (χ0n) is 15.5. The number of nitrogens with zero attached hydrogens (tertiary/aromatic N) is 5. The van der Waals surface area contributed by atoms with Crippen LogP contribution in [0.5, 0.6) is 0 Å². The molecule has 0 bridgehead atoms. The number of pyridine rings is 1. The number of hydrogen-bond donors (Lipinski definition) is 2. The van der Waals surface area contributed by atoms with Gasteiger partial charge in [-0.1, -0.05) is 18.2 Å². The van der Waals surface area contributed by atoms with Gasteiger partial charge in [-0.25, -0.2) is 4.98 Å². The van der Waals surface area contributed by atoms with Crippen molar-refractivity contribution in [2.45, 2.75) is 13.8 Å². The van der Waals surface area contributed by atoms with E-state index in [1.165, 1.54) is 0 Å². The summed E-state index contributed by atoms with van der Waals surface area (Å²) in [5.41, 5.74) is 3.38. The molecule has 4 rings (SSSR count). The molecule has 1 aromatic carbocycles. The Kier molecular flexibility index (Phi) is 4.67. The van der Waals surface area contributed by atoms with Crippen molar-refractivity contribution in [3.63, 3.8) is 0 Å². The molecule has 0 atom stereocenters. The highest BCUT2D eigenvalue weighted by Crippen LogP contribution is 2.18. The maximum Gasteiger partial charge on any atom is 0.254 e. The maximum atomic E-state index is 12.3. The average molecular weight is 373 g/mol. The average Bonchev–Trinajstić information content (AvgIpc) is 3.12. The minimum Gasteiger partial charge on any atom is -0.361 e. The Morgan fingerprint density at radius 1 is 1.11 bits per heavy atom. The molecule has 0 saturated heterocycles. The summed E-state index contributed by atoms with van der Waals surface area (Å²) in [4.78, 5) is 25.3. The first-order valence-electron chi connectivity index (χ1n) is 8.84. The highest BCUT2D eigenvalue weighted by atomic mass is 16.1. The second-order valence-electron chi connectivity index (χ2n) is 6.39. The smallest absolute Gasteiger partial charge is 0.254 e. The third-order valence-corrected chi connectivity index (χ3v) is 4.21. The van der Waals surface area contributed by atoms with Crippen LogP contribution in [-0.4, -0.2) is 37.0 Å². The number of nitrogens with one attached hydrogen (secondary N) is 2. The van der Waals surface area contributed by atoms with Crippen LogP contribution in [0.25, 0.3) is 17.2 Å². The molecule has 0 aliphatic heterocycles. The largest absolute Gasteiger partial charge is 0.361 e. The molecule has 3 heterocycles. The molecule has 0 radical (unpaired) electrons. The lowest BCUT2D eigenvalue weighted by molar-refractivity contribution is -0.114. The molecule has 2 N–H and O–H groups in total. The van der Waals surface area contributed by atoms with Crippen molar-refractivity contribution in [3.8, 4) is 11.4 Å². The second-order valence-corrected chi connectivity index (χ2v) is 6.39. The van der Waals surface area contributed by atoms with Crippen LogP contribution in [0.15, 0.2) is 54.9 Å². The molecule has 8 heteroatoms. The van der Waals surface area contributed by atoms with E-state index in [9.17, 15) is 4.79 Å². The Balaban J connectivity index is 1.56. The monoisotopic (exact) mass is 373 g/mol. The van der Waals surface area contributed by atoms with Gasteiger partial charge < -0.3 is 10.6 Å². The van der Waals surface area contributed by atoms with Crippen molar-refractivity contribution in [1.29, 1.82) is 0 Å². The molecule has 0 unspecified atom stereocenters. The predicted molar refractivity (Wildman–Crippen MR) is 107 cm³/mol. The van der Waals surface area contributed by atoms with Crippen molar-refractivity contribution in [3.05, 3.63) is 66.1 Å². The molecular formula is C20H19N7O. The van der Waals surface area contributed by atoms with Crippen molar-refractivity contribution in [1.82, 2.24) is 24.6 Å². The Morgan fingerprint density at radius 2 is 1.96 bits per heavy atom. The summed E-state index contributed by atoms with van der Waals surface area (Å²) in [6.07, 6.45) is 3.39. The lowest BCUT2D eigenvalue weighted by atomic mass is 10.2. The van der Waals surface area contributed by atoms with Gasteiger partial charge in [-0.15, -0.1) is 5.10 Å². The van der Waals surface area contributed by atoms with E-state index in [2.05, 4.69) is 30.7 Å². The zero-order valence-corrected chi connectivity index (χ0v) is 15.5. The number of rotatable bonds is 5. The quantitative estimate of drug-likeness (QED) is 0.558. The van der Waals surface area contributed by atoms with E-state index in [0.717, 1.165) is 22.5 Å². The molecule has 0 saturated carbocycles. The van der Waals surface area contributed by atoms with E-state index in [4.69, 9.17) is 0 Å². The van der Waals surface area contributed by atoms with E-state index in [1.54, 1.807) is 16.9 Å². The zero-order chi connectivity index (χ0) is 19.5. The molecule has 28 heavy (non-hydrogen) atoms. The second kappa shape index (κ2) is 7.43. The van der Waals surface area contributed by atoms with Crippen LogP contribution in [0.4, 0.5) is 11.5 Å². The molecule has 140 valence electrons. The summed E-state index contributed by atoms with van der Waals surface area (Å²) in [5, 5.41) is 10.5. The summed E-state index contributed by atoms with van der Waals surface area (Å²) in [5.74, 6) is 1.48. The molecule has 1 amide bonds. The number of aryl methyl sites for hydroxylation is 2. The summed E-state index contributed by atoms with van der Waals surface area (Å²) in [6, 6.07) is 13.2. The van der Waals surface area contributed by atoms with Crippen LogP contribution >= 0.6 is 0 Å². The summed E-state index contributed by atoms with van der Waals surface area (Å²) in [7, 11) is 0. The van der Waals surface area contributed by atoms with Gasteiger partial charge in [-0.2, -0.15) is 9.50 Å². The van der Waals surface area contributed by atoms with Gasteiger partial charge in [0, 0.05) is 35.4 Å². The minimum atomic E-state index is -0.149. The maximum absolute atomic E-state index is 12.3. The number of amides is 1. The third kappa shape index (κ3) is 3.66. The Bertz CT molecular complexity index is 1140. The normalized spacial score (nSPS) is 10.8. The first-order valence-corrected chi connectivity index (χ1v) is 8.84. The van der Waals surface area contributed by atoms with Crippen LogP contribution < -0.4 is 10.6 Å².